The van der Waals surface area contributed by atoms with Crippen LogP contribution in [0.5, 0.6) is 5.75 Å². The molecule has 1 aromatic heterocycles. The van der Waals surface area contributed by atoms with Gasteiger partial charge in [-0.05, 0) is 43.0 Å². The van der Waals surface area contributed by atoms with Crippen LogP contribution in [-0.2, 0) is 20.2 Å². The minimum Gasteiger partial charge on any atom is -0.507 e. The summed E-state index contributed by atoms with van der Waals surface area (Å²) >= 11 is 0. The zero-order chi connectivity index (χ0) is 30.3. The lowest BCUT2D eigenvalue weighted by Crippen LogP contribution is -2.27. The smallest absolute Gasteiger partial charge is 0.296 e. The van der Waals surface area contributed by atoms with E-state index in [0.29, 0.717) is 13.0 Å². The monoisotopic (exact) mass is 602 g/mol. The van der Waals surface area contributed by atoms with Crippen molar-refractivity contribution in [2.45, 2.75) is 43.8 Å². The number of benzene rings is 2. The molecule has 218 valence electrons. The molecule has 0 saturated heterocycles. The molecule has 0 bridgehead atoms. The molecular formula is C28H30N2O9S2. The van der Waals surface area contributed by atoms with Gasteiger partial charge < -0.3 is 15.4 Å². The Hall–Kier alpha value is -3.78. The van der Waals surface area contributed by atoms with Crippen LogP contribution in [0.2, 0.25) is 0 Å². The third kappa shape index (κ3) is 5.71. The van der Waals surface area contributed by atoms with E-state index in [1.165, 1.54) is 12.1 Å². The van der Waals surface area contributed by atoms with E-state index in [9.17, 15) is 40.6 Å². The van der Waals surface area contributed by atoms with E-state index < -0.39 is 53.2 Å². The zero-order valence-electron chi connectivity index (χ0n) is 22.5. The minimum atomic E-state index is -4.90. The lowest BCUT2D eigenvalue weighted by molar-refractivity contribution is 0.103. The van der Waals surface area contributed by atoms with Crippen molar-refractivity contribution in [3.05, 3.63) is 69.2 Å². The first kappa shape index (κ1) is 30.2. The molecule has 0 fully saturated rings. The van der Waals surface area contributed by atoms with Crippen molar-refractivity contribution in [1.29, 1.82) is 0 Å². The SMILES string of the molecule is CCC=C/C=c1\cc(O)c2c(NCC)cc(S(=O)(=O)O)c3[nH]c(=O)c(C(=O)C4=CC(S(=O)(=O)O)C(C)CC=C4)c1c32. The first-order valence-electron chi connectivity index (χ1n) is 12.9. The summed E-state index contributed by atoms with van der Waals surface area (Å²) in [5.41, 5.74) is -1.79. The zero-order valence-corrected chi connectivity index (χ0v) is 24.1. The van der Waals surface area contributed by atoms with Gasteiger partial charge in [-0.1, -0.05) is 50.3 Å². The maximum Gasteiger partial charge on any atom is 0.296 e. The van der Waals surface area contributed by atoms with Gasteiger partial charge in [0, 0.05) is 34.0 Å². The summed E-state index contributed by atoms with van der Waals surface area (Å²) in [7, 11) is -9.49. The first-order chi connectivity index (χ1) is 19.2. The fourth-order valence-corrected chi connectivity index (χ4v) is 6.79. The van der Waals surface area contributed by atoms with Crippen LogP contribution in [0.3, 0.4) is 0 Å². The number of allylic oxidation sites excluding steroid dienone is 5. The number of phenols is 1. The van der Waals surface area contributed by atoms with Gasteiger partial charge in [0.1, 0.15) is 15.9 Å². The van der Waals surface area contributed by atoms with Crippen LogP contribution < -0.4 is 16.1 Å². The number of carbonyl (C=O) groups is 1. The second-order valence-electron chi connectivity index (χ2n) is 9.79. The van der Waals surface area contributed by atoms with Gasteiger partial charge in [-0.15, -0.1) is 0 Å². The molecule has 0 aliphatic heterocycles. The van der Waals surface area contributed by atoms with Crippen LogP contribution in [0.15, 0.2) is 57.8 Å². The highest BCUT2D eigenvalue weighted by atomic mass is 32.2. The van der Waals surface area contributed by atoms with Crippen molar-refractivity contribution in [1.82, 2.24) is 4.98 Å². The van der Waals surface area contributed by atoms with Crippen molar-refractivity contribution in [3.8, 4) is 5.75 Å². The van der Waals surface area contributed by atoms with E-state index in [-0.39, 0.29) is 50.3 Å². The van der Waals surface area contributed by atoms with E-state index in [2.05, 4.69) is 10.3 Å². The molecule has 0 amide bonds. The molecule has 2 atom stereocenters. The fourth-order valence-electron chi connectivity index (χ4n) is 5.10. The maximum atomic E-state index is 14.0. The van der Waals surface area contributed by atoms with Crippen molar-refractivity contribution in [3.63, 3.8) is 0 Å². The van der Waals surface area contributed by atoms with E-state index in [4.69, 9.17) is 0 Å². The molecule has 0 saturated carbocycles. The highest BCUT2D eigenvalue weighted by molar-refractivity contribution is 7.86. The van der Waals surface area contributed by atoms with Gasteiger partial charge in [0.15, 0.2) is 5.78 Å². The number of hydrogen-bond acceptors (Lipinski definition) is 8. The molecule has 1 heterocycles. The highest BCUT2D eigenvalue weighted by Gasteiger charge is 2.32. The number of aromatic nitrogens is 1. The summed E-state index contributed by atoms with van der Waals surface area (Å²) < 4.78 is 68.9. The largest absolute Gasteiger partial charge is 0.507 e. The normalized spacial score (nSPS) is 18.8. The van der Waals surface area contributed by atoms with Gasteiger partial charge in [-0.3, -0.25) is 18.7 Å². The Bertz CT molecular complexity index is 1990. The second-order valence-corrected chi connectivity index (χ2v) is 12.8. The predicted molar refractivity (Wildman–Crippen MR) is 158 cm³/mol. The number of Topliss-reactive ketones (excluding diaryl/α,β-unsaturated/α-hetero) is 1. The average Bonchev–Trinajstić information content (AvgIpc) is 3.07. The molecule has 1 aliphatic carbocycles. The van der Waals surface area contributed by atoms with Gasteiger partial charge in [0.2, 0.25) is 0 Å². The van der Waals surface area contributed by atoms with Gasteiger partial charge in [-0.2, -0.15) is 16.8 Å². The average molecular weight is 603 g/mol. The molecule has 0 spiro atoms. The topological polar surface area (TPSA) is 191 Å². The minimum absolute atomic E-state index is 0.00641. The van der Waals surface area contributed by atoms with Crippen molar-refractivity contribution in [2.75, 3.05) is 11.9 Å². The second kappa shape index (κ2) is 11.2. The summed E-state index contributed by atoms with van der Waals surface area (Å²) in [6, 6.07) is 2.42. The number of rotatable bonds is 8. The Morgan fingerprint density at radius 2 is 1.83 bits per heavy atom. The third-order valence-electron chi connectivity index (χ3n) is 6.93. The van der Waals surface area contributed by atoms with Crippen LogP contribution in [0.25, 0.3) is 27.8 Å². The van der Waals surface area contributed by atoms with Gasteiger partial charge in [0.05, 0.1) is 11.1 Å². The fraction of sp³-hybridized carbons (Fsp3) is 0.286. The van der Waals surface area contributed by atoms with Gasteiger partial charge in [0.25, 0.3) is 25.8 Å². The van der Waals surface area contributed by atoms with Crippen LogP contribution in [-0.4, -0.2) is 53.6 Å². The van der Waals surface area contributed by atoms with Crippen LogP contribution in [0.4, 0.5) is 5.69 Å². The summed E-state index contributed by atoms with van der Waals surface area (Å²) in [5.74, 6) is -1.73. The number of ketones is 1. The molecule has 3 aromatic rings. The van der Waals surface area contributed by atoms with E-state index in [1.807, 2.05) is 6.92 Å². The predicted octanol–water partition coefficient (Wildman–Crippen LogP) is 3.49. The highest BCUT2D eigenvalue weighted by Crippen LogP contribution is 2.40. The standard InChI is InChI=1S/C28H30N2O9S2/c1-4-6-7-10-16-12-19(31)23-18(29-5-2)14-21(41(37,38)39)26-24(23)22(16)25(28(33)30-26)27(32)17-11-8-9-15(3)20(13-17)40(34,35)36/h6-8,10-15,20,29,31H,4-5,9H2,1-3H3,(H,30,33)(H,34,35,36)(H,37,38,39)/b7-6?,16-10+. The van der Waals surface area contributed by atoms with Crippen molar-refractivity contribution in [2.24, 2.45) is 5.92 Å². The lowest BCUT2D eigenvalue weighted by atomic mass is 9.92. The van der Waals surface area contributed by atoms with Crippen LogP contribution >= 0.6 is 0 Å². The number of phenolic OH excluding ortho intramolecular Hbond substituents is 1. The number of H-pyrrole nitrogens is 1. The number of anilines is 1. The molecule has 0 radical (unpaired) electrons. The van der Waals surface area contributed by atoms with Crippen molar-refractivity contribution < 1.29 is 35.8 Å². The first-order valence-corrected chi connectivity index (χ1v) is 15.8. The van der Waals surface area contributed by atoms with Crippen LogP contribution in [0, 0.1) is 5.92 Å². The molecule has 11 nitrogen and oxygen atoms in total. The quantitative estimate of drug-likeness (QED) is 0.188. The molecule has 1 aliphatic rings. The number of aromatic amines is 1. The lowest BCUT2D eigenvalue weighted by Gasteiger charge is -2.18. The molecule has 5 N–H and O–H groups in total. The van der Waals surface area contributed by atoms with Crippen LogP contribution in [0.1, 0.15) is 44.0 Å². The molecular weight excluding hydrogens is 572 g/mol. The van der Waals surface area contributed by atoms with Gasteiger partial charge >= 0.3 is 0 Å². The summed E-state index contributed by atoms with van der Waals surface area (Å²) in [6.07, 6.45) is 9.89. The van der Waals surface area contributed by atoms with Gasteiger partial charge in [-0.25, -0.2) is 0 Å². The Morgan fingerprint density at radius 1 is 1.12 bits per heavy atom. The number of hydrogen-bond donors (Lipinski definition) is 5. The third-order valence-corrected chi connectivity index (χ3v) is 9.10. The van der Waals surface area contributed by atoms with E-state index in [1.54, 1.807) is 38.2 Å². The number of carbonyl (C=O) groups excluding carboxylic acids is 1. The molecule has 4 rings (SSSR count). The Balaban J connectivity index is 2.25. The summed E-state index contributed by atoms with van der Waals surface area (Å²) in [5, 5.41) is 12.9. The Kier molecular flexibility index (Phi) is 8.28. The Morgan fingerprint density at radius 3 is 2.44 bits per heavy atom. The Labute approximate surface area is 236 Å². The number of pyridine rings is 1. The maximum absolute atomic E-state index is 14.0. The summed E-state index contributed by atoms with van der Waals surface area (Å²) in [4.78, 5) is 29.4. The number of aromatic hydroxyl groups is 1. The van der Waals surface area contributed by atoms with E-state index >= 15 is 0 Å². The van der Waals surface area contributed by atoms with E-state index in [0.717, 1.165) is 12.1 Å². The number of nitrogens with one attached hydrogen (secondary N) is 2. The van der Waals surface area contributed by atoms with Crippen molar-refractivity contribution >= 4 is 59.5 Å². The molecule has 13 heteroatoms. The molecule has 2 unspecified atom stereocenters. The summed E-state index contributed by atoms with van der Waals surface area (Å²) in [6.45, 7) is 5.52. The molecule has 2 aromatic carbocycles. The molecule has 41 heavy (non-hydrogen) atoms.